The summed E-state index contributed by atoms with van der Waals surface area (Å²) in [5.41, 5.74) is 17.0. The number of furan rings is 1. The number of fused-ring (bicyclic) bond motifs is 13. The van der Waals surface area contributed by atoms with Gasteiger partial charge < -0.3 is 4.42 Å². The highest BCUT2D eigenvalue weighted by Crippen LogP contribution is 2.55. The summed E-state index contributed by atoms with van der Waals surface area (Å²) in [6, 6.07) is 76.2. The quantitative estimate of drug-likeness (QED) is 0.128. The smallest absolute Gasteiger partial charge is 0.135 e. The summed E-state index contributed by atoms with van der Waals surface area (Å²) in [6.07, 6.45) is 0. The molecule has 0 saturated heterocycles. The molecule has 1 heteroatoms. The molecule has 1 aliphatic carbocycles. The summed E-state index contributed by atoms with van der Waals surface area (Å²) in [4.78, 5) is 0. The van der Waals surface area contributed by atoms with E-state index in [1.165, 1.54) is 110 Å². The summed E-state index contributed by atoms with van der Waals surface area (Å²) in [7, 11) is 0. The van der Waals surface area contributed by atoms with E-state index in [2.05, 4.69) is 208 Å². The Labute approximate surface area is 360 Å². The van der Waals surface area contributed by atoms with Crippen molar-refractivity contribution in [1.82, 2.24) is 0 Å². The Morgan fingerprint density at radius 1 is 0.290 bits per heavy atom. The van der Waals surface area contributed by atoms with Gasteiger partial charge in [-0.3, -0.25) is 0 Å². The molecule has 0 atom stereocenters. The van der Waals surface area contributed by atoms with Gasteiger partial charge >= 0.3 is 0 Å². The second-order valence-corrected chi connectivity index (χ2v) is 17.5. The third-order valence-corrected chi connectivity index (χ3v) is 13.8. The maximum atomic E-state index is 6.24. The summed E-state index contributed by atoms with van der Waals surface area (Å²) < 4.78 is 6.24. The zero-order valence-electron chi connectivity index (χ0n) is 34.5. The molecule has 1 aromatic heterocycles. The van der Waals surface area contributed by atoms with Crippen LogP contribution in [0.3, 0.4) is 0 Å². The molecule has 11 aromatic carbocycles. The Morgan fingerprint density at radius 2 is 0.790 bits per heavy atom. The lowest BCUT2D eigenvalue weighted by atomic mass is 9.79. The summed E-state index contributed by atoms with van der Waals surface area (Å²) in [6.45, 7) is 4.80. The average Bonchev–Trinajstić information content (AvgIpc) is 3.82. The standard InChI is InChI=1S/C61H40O/c1-61(2)54-32-30-38(35-53(54)59-46-23-7-4-19-42(46)43-20-5-12-28-51(43)60(59)61)37-16-15-17-40(34-37)57-47-24-8-10-26-49(47)58(50-27-11-9-25-48(50)57)45-22-6-3-18-41(45)39-31-33-56-52(36-39)44-21-13-14-29-55(44)62-56/h3-36H,1-2H3. The van der Waals surface area contributed by atoms with Gasteiger partial charge in [-0.1, -0.05) is 190 Å². The Bertz CT molecular complexity index is 3780. The molecule has 0 amide bonds. The maximum absolute atomic E-state index is 6.24. The number of hydrogen-bond acceptors (Lipinski definition) is 1. The van der Waals surface area contributed by atoms with E-state index in [4.69, 9.17) is 4.42 Å². The molecule has 0 aliphatic heterocycles. The van der Waals surface area contributed by atoms with Crippen LogP contribution in [0.25, 0.3) is 121 Å². The van der Waals surface area contributed by atoms with Crippen molar-refractivity contribution in [3.63, 3.8) is 0 Å². The molecule has 0 fully saturated rings. The fraction of sp³-hybridized carbons (Fsp3) is 0.0492. The van der Waals surface area contributed by atoms with Gasteiger partial charge in [0, 0.05) is 16.2 Å². The van der Waals surface area contributed by atoms with E-state index in [1.54, 1.807) is 0 Å². The van der Waals surface area contributed by atoms with Gasteiger partial charge in [0.05, 0.1) is 0 Å². The Hall–Kier alpha value is -7.74. The Morgan fingerprint density at radius 3 is 1.50 bits per heavy atom. The van der Waals surface area contributed by atoms with Gasteiger partial charge in [-0.25, -0.2) is 0 Å². The molecule has 0 N–H and O–H groups in total. The molecule has 1 heterocycles. The highest BCUT2D eigenvalue weighted by Gasteiger charge is 2.38. The average molecular weight is 789 g/mol. The molecule has 62 heavy (non-hydrogen) atoms. The predicted molar refractivity (Wildman–Crippen MR) is 263 cm³/mol. The number of hydrogen-bond donors (Lipinski definition) is 0. The molecule has 0 spiro atoms. The van der Waals surface area contributed by atoms with Crippen LogP contribution >= 0.6 is 0 Å². The van der Waals surface area contributed by atoms with Crippen molar-refractivity contribution >= 4 is 65.0 Å². The van der Waals surface area contributed by atoms with Crippen LogP contribution in [-0.4, -0.2) is 0 Å². The lowest BCUT2D eigenvalue weighted by Crippen LogP contribution is -2.15. The third-order valence-electron chi connectivity index (χ3n) is 13.8. The van der Waals surface area contributed by atoms with Crippen LogP contribution in [0.2, 0.25) is 0 Å². The molecule has 290 valence electrons. The first-order valence-electron chi connectivity index (χ1n) is 21.7. The van der Waals surface area contributed by atoms with Gasteiger partial charge in [0.2, 0.25) is 0 Å². The van der Waals surface area contributed by atoms with Crippen molar-refractivity contribution in [1.29, 1.82) is 0 Å². The van der Waals surface area contributed by atoms with Gasteiger partial charge in [-0.2, -0.15) is 0 Å². The van der Waals surface area contributed by atoms with E-state index in [9.17, 15) is 0 Å². The molecule has 1 aliphatic rings. The van der Waals surface area contributed by atoms with E-state index < -0.39 is 0 Å². The topological polar surface area (TPSA) is 13.1 Å². The predicted octanol–water partition coefficient (Wildman–Crippen LogP) is 17.2. The van der Waals surface area contributed by atoms with Gasteiger partial charge in [0.1, 0.15) is 11.2 Å². The number of rotatable bonds is 4. The molecule has 1 nitrogen and oxygen atoms in total. The van der Waals surface area contributed by atoms with Crippen molar-refractivity contribution < 1.29 is 4.42 Å². The SMILES string of the molecule is CC1(C)c2ccc(-c3cccc(-c4c5ccccc5c(-c5ccccc5-c5ccc6oc7ccccc7c6c5)c5ccccc45)c3)cc2-c2c1c1ccccc1c1ccccc21. The minimum absolute atomic E-state index is 0.132. The van der Waals surface area contributed by atoms with Gasteiger partial charge in [0.25, 0.3) is 0 Å². The lowest BCUT2D eigenvalue weighted by Gasteiger charge is -2.24. The van der Waals surface area contributed by atoms with Gasteiger partial charge in [-0.15, -0.1) is 0 Å². The lowest BCUT2D eigenvalue weighted by molar-refractivity contribution is 0.666. The van der Waals surface area contributed by atoms with E-state index in [0.717, 1.165) is 21.9 Å². The van der Waals surface area contributed by atoms with Crippen LogP contribution in [0.15, 0.2) is 211 Å². The van der Waals surface area contributed by atoms with Gasteiger partial charge in [0.15, 0.2) is 0 Å². The minimum Gasteiger partial charge on any atom is -0.456 e. The fourth-order valence-electron chi connectivity index (χ4n) is 11.1. The highest BCUT2D eigenvalue weighted by atomic mass is 16.3. The van der Waals surface area contributed by atoms with Crippen LogP contribution in [0, 0.1) is 0 Å². The molecule has 0 unspecified atom stereocenters. The number of para-hydroxylation sites is 1. The zero-order valence-corrected chi connectivity index (χ0v) is 34.5. The minimum atomic E-state index is -0.132. The molecule has 0 radical (unpaired) electrons. The van der Waals surface area contributed by atoms with E-state index in [1.807, 2.05) is 12.1 Å². The normalized spacial score (nSPS) is 13.1. The fourth-order valence-corrected chi connectivity index (χ4v) is 11.1. The first kappa shape index (κ1) is 35.1. The molecule has 0 bridgehead atoms. The molecule has 12 aromatic rings. The molecule has 0 saturated carbocycles. The molecular weight excluding hydrogens is 749 g/mol. The Kier molecular flexibility index (Phi) is 7.42. The summed E-state index contributed by atoms with van der Waals surface area (Å²) in [5.74, 6) is 0. The van der Waals surface area contributed by atoms with Crippen molar-refractivity contribution in [3.8, 4) is 55.6 Å². The molecular formula is C61H40O. The Balaban J connectivity index is 0.995. The van der Waals surface area contributed by atoms with Crippen LogP contribution in [0.5, 0.6) is 0 Å². The second-order valence-electron chi connectivity index (χ2n) is 17.5. The van der Waals surface area contributed by atoms with Crippen LogP contribution in [0.4, 0.5) is 0 Å². The highest BCUT2D eigenvalue weighted by molar-refractivity contribution is 6.23. The largest absolute Gasteiger partial charge is 0.456 e. The summed E-state index contributed by atoms with van der Waals surface area (Å²) >= 11 is 0. The zero-order chi connectivity index (χ0) is 41.1. The molecule has 13 rings (SSSR count). The van der Waals surface area contributed by atoms with Crippen molar-refractivity contribution in [2.45, 2.75) is 19.3 Å². The van der Waals surface area contributed by atoms with Crippen molar-refractivity contribution in [2.24, 2.45) is 0 Å². The first-order valence-corrected chi connectivity index (χ1v) is 21.7. The maximum Gasteiger partial charge on any atom is 0.135 e. The summed E-state index contributed by atoms with van der Waals surface area (Å²) in [5, 5.41) is 12.6. The van der Waals surface area contributed by atoms with E-state index >= 15 is 0 Å². The number of benzene rings is 11. The third kappa shape index (κ3) is 4.97. The van der Waals surface area contributed by atoms with Crippen molar-refractivity contribution in [3.05, 3.63) is 217 Å². The van der Waals surface area contributed by atoms with E-state index in [0.29, 0.717) is 0 Å². The van der Waals surface area contributed by atoms with Crippen LogP contribution < -0.4 is 0 Å². The van der Waals surface area contributed by atoms with Crippen LogP contribution in [-0.2, 0) is 5.41 Å². The van der Waals surface area contributed by atoms with E-state index in [-0.39, 0.29) is 5.41 Å². The first-order chi connectivity index (χ1) is 30.5. The van der Waals surface area contributed by atoms with Gasteiger partial charge in [-0.05, 0) is 140 Å². The van der Waals surface area contributed by atoms with Crippen molar-refractivity contribution in [2.75, 3.05) is 0 Å². The second kappa shape index (κ2) is 13.1. The monoisotopic (exact) mass is 788 g/mol. The van der Waals surface area contributed by atoms with Crippen LogP contribution in [0.1, 0.15) is 25.0 Å².